The number of nitrogens with one attached hydrogen (secondary N) is 1. The van der Waals surface area contributed by atoms with E-state index in [1.54, 1.807) is 0 Å². The zero-order chi connectivity index (χ0) is 13.7. The van der Waals surface area contributed by atoms with Crippen molar-refractivity contribution in [1.29, 1.82) is 0 Å². The summed E-state index contributed by atoms with van der Waals surface area (Å²) in [6.07, 6.45) is 0.840. The molecule has 0 fully saturated rings. The number of thiophene rings is 1. The lowest BCUT2D eigenvalue weighted by atomic mass is 10.0. The Morgan fingerprint density at radius 3 is 2.58 bits per heavy atom. The van der Waals surface area contributed by atoms with E-state index in [0.717, 1.165) is 16.9 Å². The van der Waals surface area contributed by atoms with Crippen LogP contribution in [0.2, 0.25) is 0 Å². The van der Waals surface area contributed by atoms with Gasteiger partial charge in [0.05, 0.1) is 6.04 Å². The molecule has 2 rings (SSSR count). The molecular weight excluding hydrogens is 256 g/mol. The fourth-order valence-electron chi connectivity index (χ4n) is 1.97. The van der Waals surface area contributed by atoms with Crippen LogP contribution >= 0.6 is 11.3 Å². The Kier molecular flexibility index (Phi) is 4.71. The van der Waals surface area contributed by atoms with Crippen molar-refractivity contribution in [1.82, 2.24) is 5.32 Å². The molecule has 0 saturated carbocycles. The summed E-state index contributed by atoms with van der Waals surface area (Å²) < 4.78 is 0. The number of rotatable bonds is 5. The Morgan fingerprint density at radius 1 is 1.26 bits per heavy atom. The van der Waals surface area contributed by atoms with E-state index in [1.165, 1.54) is 11.3 Å². The monoisotopic (exact) mass is 274 g/mol. The molecule has 1 heterocycles. The molecule has 0 saturated heterocycles. The van der Waals surface area contributed by atoms with Gasteiger partial charge < -0.3 is 11.1 Å². The van der Waals surface area contributed by atoms with E-state index in [2.05, 4.69) is 12.2 Å². The van der Waals surface area contributed by atoms with E-state index < -0.39 is 6.04 Å². The Morgan fingerprint density at radius 2 is 2.00 bits per heavy atom. The van der Waals surface area contributed by atoms with Crippen LogP contribution in [0.3, 0.4) is 0 Å². The van der Waals surface area contributed by atoms with Crippen molar-refractivity contribution in [2.24, 2.45) is 5.73 Å². The summed E-state index contributed by atoms with van der Waals surface area (Å²) in [5.74, 6) is -0.127. The maximum atomic E-state index is 12.2. The van der Waals surface area contributed by atoms with E-state index >= 15 is 0 Å². The van der Waals surface area contributed by atoms with E-state index in [-0.39, 0.29) is 11.9 Å². The largest absolute Gasteiger partial charge is 0.348 e. The van der Waals surface area contributed by atoms with Crippen molar-refractivity contribution in [2.45, 2.75) is 25.4 Å². The molecule has 0 bridgehead atoms. The maximum Gasteiger partial charge on any atom is 0.242 e. The Balaban J connectivity index is 2.05. The van der Waals surface area contributed by atoms with Gasteiger partial charge in [0.25, 0.3) is 0 Å². The van der Waals surface area contributed by atoms with Crippen molar-refractivity contribution in [3.05, 3.63) is 58.3 Å². The third kappa shape index (κ3) is 3.43. The molecule has 0 aliphatic heterocycles. The highest BCUT2D eigenvalue weighted by Crippen LogP contribution is 2.20. The van der Waals surface area contributed by atoms with Crippen LogP contribution in [0, 0.1) is 0 Å². The van der Waals surface area contributed by atoms with E-state index in [9.17, 15) is 4.79 Å². The standard InChI is InChI=1S/C15H18N2OS/c1-2-12(11-7-4-3-5-8-11)17-15(18)14(16)13-9-6-10-19-13/h3-10,12,14H,2,16H2,1H3,(H,17,18). The quantitative estimate of drug-likeness (QED) is 0.880. The van der Waals surface area contributed by atoms with Crippen LogP contribution in [0.1, 0.15) is 35.9 Å². The predicted octanol–water partition coefficient (Wildman–Crippen LogP) is 3.02. The number of amides is 1. The average Bonchev–Trinajstić information content (AvgIpc) is 2.98. The smallest absolute Gasteiger partial charge is 0.242 e. The first kappa shape index (κ1) is 13.8. The fraction of sp³-hybridized carbons (Fsp3) is 0.267. The van der Waals surface area contributed by atoms with Crippen LogP contribution in [-0.2, 0) is 4.79 Å². The van der Waals surface area contributed by atoms with Gasteiger partial charge in [-0.2, -0.15) is 0 Å². The summed E-state index contributed by atoms with van der Waals surface area (Å²) in [5, 5.41) is 4.94. The van der Waals surface area contributed by atoms with Gasteiger partial charge in [-0.25, -0.2) is 0 Å². The number of carbonyl (C=O) groups excluding carboxylic acids is 1. The maximum absolute atomic E-state index is 12.2. The SMILES string of the molecule is CCC(NC(=O)C(N)c1cccs1)c1ccccc1. The van der Waals surface area contributed by atoms with Crippen LogP contribution in [0.4, 0.5) is 0 Å². The van der Waals surface area contributed by atoms with Crippen LogP contribution in [-0.4, -0.2) is 5.91 Å². The molecular formula is C15H18N2OS. The molecule has 19 heavy (non-hydrogen) atoms. The number of hydrogen-bond donors (Lipinski definition) is 2. The second-order valence-corrected chi connectivity index (χ2v) is 5.35. The van der Waals surface area contributed by atoms with E-state index in [4.69, 9.17) is 5.73 Å². The molecule has 0 spiro atoms. The molecule has 1 aromatic heterocycles. The molecule has 1 amide bonds. The van der Waals surface area contributed by atoms with Crippen molar-refractivity contribution >= 4 is 17.2 Å². The molecule has 0 aliphatic rings. The molecule has 2 atom stereocenters. The minimum atomic E-state index is -0.585. The molecule has 1 aromatic carbocycles. The van der Waals surface area contributed by atoms with Gasteiger partial charge in [-0.15, -0.1) is 11.3 Å². The minimum absolute atomic E-state index is 0.0136. The van der Waals surface area contributed by atoms with Gasteiger partial charge in [-0.1, -0.05) is 43.3 Å². The minimum Gasteiger partial charge on any atom is -0.348 e. The van der Waals surface area contributed by atoms with Crippen molar-refractivity contribution < 1.29 is 4.79 Å². The molecule has 2 unspecified atom stereocenters. The highest BCUT2D eigenvalue weighted by Gasteiger charge is 2.20. The lowest BCUT2D eigenvalue weighted by Crippen LogP contribution is -2.36. The second-order valence-electron chi connectivity index (χ2n) is 4.37. The number of carbonyl (C=O) groups is 1. The predicted molar refractivity (Wildman–Crippen MR) is 78.9 cm³/mol. The van der Waals surface area contributed by atoms with Crippen LogP contribution in [0.15, 0.2) is 47.8 Å². The number of nitrogens with two attached hydrogens (primary N) is 1. The first-order valence-corrected chi connectivity index (χ1v) is 7.24. The molecule has 4 heteroatoms. The lowest BCUT2D eigenvalue weighted by molar-refractivity contribution is -0.123. The number of hydrogen-bond acceptors (Lipinski definition) is 3. The number of benzene rings is 1. The zero-order valence-corrected chi connectivity index (χ0v) is 11.7. The van der Waals surface area contributed by atoms with Gasteiger partial charge >= 0.3 is 0 Å². The summed E-state index contributed by atoms with van der Waals surface area (Å²) in [6, 6.07) is 13.2. The van der Waals surface area contributed by atoms with Crippen molar-refractivity contribution in [2.75, 3.05) is 0 Å². The van der Waals surface area contributed by atoms with Gasteiger partial charge in [-0.05, 0) is 23.4 Å². The summed E-state index contributed by atoms with van der Waals surface area (Å²) in [5.41, 5.74) is 7.07. The van der Waals surface area contributed by atoms with Gasteiger partial charge in [0.1, 0.15) is 6.04 Å². The zero-order valence-electron chi connectivity index (χ0n) is 10.9. The van der Waals surface area contributed by atoms with Gasteiger partial charge in [0.2, 0.25) is 5.91 Å². The van der Waals surface area contributed by atoms with Gasteiger partial charge in [0, 0.05) is 4.88 Å². The molecule has 0 aliphatic carbocycles. The first-order chi connectivity index (χ1) is 9.22. The van der Waals surface area contributed by atoms with Crippen LogP contribution in [0.5, 0.6) is 0 Å². The highest BCUT2D eigenvalue weighted by atomic mass is 32.1. The highest BCUT2D eigenvalue weighted by molar-refractivity contribution is 7.10. The molecule has 3 N–H and O–H groups in total. The lowest BCUT2D eigenvalue weighted by Gasteiger charge is -2.19. The topological polar surface area (TPSA) is 55.1 Å². The van der Waals surface area contributed by atoms with Crippen molar-refractivity contribution in [3.63, 3.8) is 0 Å². The summed E-state index contributed by atoms with van der Waals surface area (Å²) in [7, 11) is 0. The van der Waals surface area contributed by atoms with E-state index in [1.807, 2.05) is 47.8 Å². The third-order valence-corrected chi connectivity index (χ3v) is 4.01. The normalized spacial score (nSPS) is 13.8. The van der Waals surface area contributed by atoms with E-state index in [0.29, 0.717) is 0 Å². The fourth-order valence-corrected chi connectivity index (χ4v) is 2.69. The Bertz CT molecular complexity index is 510. The van der Waals surface area contributed by atoms with Gasteiger partial charge in [0.15, 0.2) is 0 Å². The summed E-state index contributed by atoms with van der Waals surface area (Å²) >= 11 is 1.50. The average molecular weight is 274 g/mol. The summed E-state index contributed by atoms with van der Waals surface area (Å²) in [4.78, 5) is 13.0. The first-order valence-electron chi connectivity index (χ1n) is 6.36. The van der Waals surface area contributed by atoms with Crippen LogP contribution < -0.4 is 11.1 Å². The second kappa shape index (κ2) is 6.50. The third-order valence-electron chi connectivity index (χ3n) is 3.06. The molecule has 3 nitrogen and oxygen atoms in total. The van der Waals surface area contributed by atoms with Gasteiger partial charge in [-0.3, -0.25) is 4.79 Å². The Labute approximate surface area is 117 Å². The molecule has 100 valence electrons. The summed E-state index contributed by atoms with van der Waals surface area (Å²) in [6.45, 7) is 2.05. The molecule has 0 radical (unpaired) electrons. The Hall–Kier alpha value is -1.65. The van der Waals surface area contributed by atoms with Crippen molar-refractivity contribution in [3.8, 4) is 0 Å². The van der Waals surface area contributed by atoms with Crippen LogP contribution in [0.25, 0.3) is 0 Å². The molecule has 2 aromatic rings.